The van der Waals surface area contributed by atoms with Crippen LogP contribution in [0.25, 0.3) is 0 Å². The molecule has 0 fully saturated rings. The highest BCUT2D eigenvalue weighted by Gasteiger charge is 2.04. The number of aryl methyl sites for hydroxylation is 1. The maximum Gasteiger partial charge on any atom is 0.263 e. The lowest BCUT2D eigenvalue weighted by atomic mass is 10.4. The lowest BCUT2D eigenvalue weighted by Crippen LogP contribution is -2.15. The van der Waals surface area contributed by atoms with Gasteiger partial charge in [-0.2, -0.15) is 11.8 Å². The van der Waals surface area contributed by atoms with Crippen molar-refractivity contribution in [2.75, 3.05) is 18.6 Å². The first-order valence-electron chi connectivity index (χ1n) is 5.23. The number of nitro groups is 1. The Morgan fingerprint density at radius 1 is 1.72 bits per heavy atom. The van der Waals surface area contributed by atoms with Crippen molar-refractivity contribution < 1.29 is 9.34 Å². The van der Waals surface area contributed by atoms with Gasteiger partial charge in [0.25, 0.3) is 6.20 Å². The normalized spacial score (nSPS) is 11.6. The molecule has 100 valence electrons. The van der Waals surface area contributed by atoms with E-state index >= 15 is 0 Å². The molecule has 1 N–H and O–H groups in total. The van der Waals surface area contributed by atoms with Crippen LogP contribution >= 0.6 is 23.5 Å². The lowest BCUT2D eigenvalue weighted by Gasteiger charge is -2.05. The highest BCUT2D eigenvalue weighted by molar-refractivity contribution is 8.02. The van der Waals surface area contributed by atoms with E-state index in [1.54, 1.807) is 18.0 Å². The summed E-state index contributed by atoms with van der Waals surface area (Å²) in [6.07, 6.45) is 4.22. The Kier molecular flexibility index (Phi) is 6.66. The first-order valence-corrected chi connectivity index (χ1v) is 7.61. The maximum atomic E-state index is 10.3. The number of thioether (sulfide) groups is 2. The zero-order chi connectivity index (χ0) is 13.4. The van der Waals surface area contributed by atoms with Crippen LogP contribution in [0.5, 0.6) is 0 Å². The van der Waals surface area contributed by atoms with Crippen molar-refractivity contribution in [1.29, 1.82) is 0 Å². The summed E-state index contributed by atoms with van der Waals surface area (Å²) in [5, 5.41) is 13.9. The number of aromatic nitrogens is 1. The fourth-order valence-corrected chi connectivity index (χ4v) is 2.43. The minimum absolute atomic E-state index is 0.455. The molecule has 0 aliphatic heterocycles. The second-order valence-corrected chi connectivity index (χ2v) is 5.28. The van der Waals surface area contributed by atoms with Gasteiger partial charge < -0.3 is 9.73 Å². The van der Waals surface area contributed by atoms with E-state index in [4.69, 9.17) is 4.42 Å². The van der Waals surface area contributed by atoms with Gasteiger partial charge >= 0.3 is 0 Å². The van der Waals surface area contributed by atoms with Gasteiger partial charge in [0.1, 0.15) is 10.8 Å². The van der Waals surface area contributed by atoms with Crippen molar-refractivity contribution in [2.24, 2.45) is 0 Å². The van der Waals surface area contributed by atoms with E-state index in [1.165, 1.54) is 18.2 Å². The fraction of sp³-hybridized carbons (Fsp3) is 0.500. The van der Waals surface area contributed by atoms with Crippen LogP contribution in [0.4, 0.5) is 0 Å². The quantitative estimate of drug-likeness (QED) is 0.446. The molecule has 1 heterocycles. The molecule has 0 saturated heterocycles. The van der Waals surface area contributed by atoms with E-state index in [9.17, 15) is 10.1 Å². The number of nitrogens with zero attached hydrogens (tertiary/aromatic N) is 2. The van der Waals surface area contributed by atoms with Crippen molar-refractivity contribution in [3.05, 3.63) is 39.2 Å². The molecule has 0 amide bonds. The maximum absolute atomic E-state index is 10.3. The van der Waals surface area contributed by atoms with Crippen LogP contribution in [-0.4, -0.2) is 28.5 Å². The van der Waals surface area contributed by atoms with Crippen molar-refractivity contribution in [3.8, 4) is 0 Å². The molecule has 0 bridgehead atoms. The standard InChI is InChI=1S/C10H15N3O3S2/c1-8-9(16-7-12-8)6-18-4-3-11-10(17-2)5-13(14)15/h5,7,11H,3-4,6H2,1-2H3/b10-5-. The smallest absolute Gasteiger partial charge is 0.263 e. The number of rotatable bonds is 8. The molecule has 0 aliphatic carbocycles. The van der Waals surface area contributed by atoms with Crippen LogP contribution in [0, 0.1) is 17.0 Å². The summed E-state index contributed by atoms with van der Waals surface area (Å²) < 4.78 is 5.21. The van der Waals surface area contributed by atoms with Gasteiger partial charge in [0.15, 0.2) is 6.39 Å². The summed E-state index contributed by atoms with van der Waals surface area (Å²) in [6.45, 7) is 2.58. The highest BCUT2D eigenvalue weighted by Crippen LogP contribution is 2.14. The average molecular weight is 289 g/mol. The fourth-order valence-electron chi connectivity index (χ4n) is 1.14. The molecule has 0 aliphatic rings. The molecular formula is C10H15N3O3S2. The first-order chi connectivity index (χ1) is 8.63. The molecule has 8 heteroatoms. The molecule has 0 saturated carbocycles. The Bertz CT molecular complexity index is 420. The number of hydrogen-bond acceptors (Lipinski definition) is 7. The Balaban J connectivity index is 2.19. The Labute approximate surface area is 114 Å². The van der Waals surface area contributed by atoms with Crippen molar-refractivity contribution in [3.63, 3.8) is 0 Å². The number of nitrogens with one attached hydrogen (secondary N) is 1. The number of oxazole rings is 1. The van der Waals surface area contributed by atoms with Gasteiger partial charge in [0, 0.05) is 12.3 Å². The number of hydrogen-bond donors (Lipinski definition) is 1. The van der Waals surface area contributed by atoms with Gasteiger partial charge in [0.2, 0.25) is 0 Å². The van der Waals surface area contributed by atoms with E-state index in [-0.39, 0.29) is 0 Å². The first kappa shape index (κ1) is 14.9. The van der Waals surface area contributed by atoms with E-state index in [0.29, 0.717) is 11.6 Å². The van der Waals surface area contributed by atoms with E-state index in [2.05, 4.69) is 10.3 Å². The average Bonchev–Trinajstić information content (AvgIpc) is 2.72. The minimum Gasteiger partial charge on any atom is -0.447 e. The zero-order valence-electron chi connectivity index (χ0n) is 10.2. The predicted octanol–water partition coefficient (Wildman–Crippen LogP) is 2.24. The largest absolute Gasteiger partial charge is 0.447 e. The zero-order valence-corrected chi connectivity index (χ0v) is 11.8. The van der Waals surface area contributed by atoms with Crippen LogP contribution in [-0.2, 0) is 5.75 Å². The van der Waals surface area contributed by atoms with E-state index in [1.807, 2.05) is 6.92 Å². The third kappa shape index (κ3) is 5.46. The van der Waals surface area contributed by atoms with Crippen LogP contribution < -0.4 is 5.32 Å². The van der Waals surface area contributed by atoms with E-state index in [0.717, 1.165) is 29.2 Å². The van der Waals surface area contributed by atoms with Gasteiger partial charge in [-0.05, 0) is 13.2 Å². The van der Waals surface area contributed by atoms with Crippen molar-refractivity contribution in [1.82, 2.24) is 10.3 Å². The van der Waals surface area contributed by atoms with Gasteiger partial charge in [-0.3, -0.25) is 10.1 Å². The van der Waals surface area contributed by atoms with Crippen LogP contribution in [0.1, 0.15) is 11.5 Å². The predicted molar refractivity (Wildman–Crippen MR) is 74.0 cm³/mol. The topological polar surface area (TPSA) is 81.2 Å². The third-order valence-corrected chi connectivity index (χ3v) is 3.71. The Hall–Kier alpha value is -1.15. The molecule has 0 radical (unpaired) electrons. The summed E-state index contributed by atoms with van der Waals surface area (Å²) in [7, 11) is 0. The molecule has 0 atom stereocenters. The summed E-state index contributed by atoms with van der Waals surface area (Å²) in [6, 6.07) is 0. The molecule has 1 aromatic rings. The van der Waals surface area contributed by atoms with Gasteiger partial charge in [-0.1, -0.05) is 0 Å². The molecule has 0 aromatic carbocycles. The van der Waals surface area contributed by atoms with Crippen molar-refractivity contribution >= 4 is 23.5 Å². The second kappa shape index (κ2) is 8.04. The van der Waals surface area contributed by atoms with Crippen LogP contribution in [0.15, 0.2) is 22.0 Å². The van der Waals surface area contributed by atoms with Crippen LogP contribution in [0.3, 0.4) is 0 Å². The highest BCUT2D eigenvalue weighted by atomic mass is 32.2. The summed E-state index contributed by atoms with van der Waals surface area (Å²) in [5.41, 5.74) is 0.911. The van der Waals surface area contributed by atoms with Gasteiger partial charge in [-0.25, -0.2) is 4.98 Å². The molecule has 0 spiro atoms. The summed E-state index contributed by atoms with van der Waals surface area (Å²) >= 11 is 3.02. The van der Waals surface area contributed by atoms with Gasteiger partial charge in [0.05, 0.1) is 16.4 Å². The third-order valence-electron chi connectivity index (χ3n) is 2.07. The van der Waals surface area contributed by atoms with E-state index < -0.39 is 4.92 Å². The second-order valence-electron chi connectivity index (χ2n) is 3.32. The van der Waals surface area contributed by atoms with Crippen LogP contribution in [0.2, 0.25) is 0 Å². The molecule has 6 nitrogen and oxygen atoms in total. The molecule has 0 unspecified atom stereocenters. The molecule has 1 rings (SSSR count). The molecule has 18 heavy (non-hydrogen) atoms. The lowest BCUT2D eigenvalue weighted by molar-refractivity contribution is -0.403. The van der Waals surface area contributed by atoms with Gasteiger partial charge in [-0.15, -0.1) is 11.8 Å². The summed E-state index contributed by atoms with van der Waals surface area (Å²) in [5.74, 6) is 2.49. The minimum atomic E-state index is -0.455. The van der Waals surface area contributed by atoms with Crippen molar-refractivity contribution in [2.45, 2.75) is 12.7 Å². The molecular weight excluding hydrogens is 274 g/mol. The molecule has 1 aromatic heterocycles. The SMILES string of the molecule is CS/C(=C\[N+](=O)[O-])NCCSCc1ocnc1C. The summed E-state index contributed by atoms with van der Waals surface area (Å²) in [4.78, 5) is 13.9. The Morgan fingerprint density at radius 2 is 2.50 bits per heavy atom. The Morgan fingerprint density at radius 3 is 3.06 bits per heavy atom. The monoisotopic (exact) mass is 289 g/mol.